The monoisotopic (exact) mass is 234 g/mol. The number of benzene rings is 1. The molecule has 1 aliphatic heterocycles. The van der Waals surface area contributed by atoms with E-state index in [9.17, 15) is 5.11 Å². The van der Waals surface area contributed by atoms with Gasteiger partial charge in [0.25, 0.3) is 0 Å². The zero-order valence-corrected chi connectivity index (χ0v) is 10.7. The van der Waals surface area contributed by atoms with Crippen LogP contribution in [0.5, 0.6) is 5.75 Å². The van der Waals surface area contributed by atoms with E-state index in [-0.39, 0.29) is 6.61 Å². The smallest absolute Gasteiger partial charge is 0.128 e. The second-order valence-corrected chi connectivity index (χ2v) is 4.81. The lowest BCUT2D eigenvalue weighted by Crippen LogP contribution is -1.94. The highest BCUT2D eigenvalue weighted by Crippen LogP contribution is 2.31. The molecule has 1 aliphatic rings. The second kappa shape index (κ2) is 6.06. The van der Waals surface area contributed by atoms with E-state index in [4.69, 9.17) is 4.74 Å². The van der Waals surface area contributed by atoms with Gasteiger partial charge in [-0.2, -0.15) is 0 Å². The van der Waals surface area contributed by atoms with Crippen molar-refractivity contribution in [2.45, 2.75) is 52.1 Å². The van der Waals surface area contributed by atoms with Crippen LogP contribution in [-0.2, 0) is 19.4 Å². The minimum absolute atomic E-state index is 0.0884. The van der Waals surface area contributed by atoms with Crippen LogP contribution >= 0.6 is 0 Å². The fourth-order valence-electron chi connectivity index (χ4n) is 2.48. The molecule has 0 aliphatic carbocycles. The molecule has 0 aromatic heterocycles. The number of rotatable bonds is 6. The molecule has 1 N–H and O–H groups in total. The fourth-order valence-corrected chi connectivity index (χ4v) is 2.48. The van der Waals surface area contributed by atoms with Gasteiger partial charge in [-0.1, -0.05) is 32.3 Å². The van der Waals surface area contributed by atoms with Crippen molar-refractivity contribution < 1.29 is 9.84 Å². The van der Waals surface area contributed by atoms with Crippen molar-refractivity contribution in [2.75, 3.05) is 6.61 Å². The summed E-state index contributed by atoms with van der Waals surface area (Å²) in [4.78, 5) is 0. The Morgan fingerprint density at radius 1 is 1.24 bits per heavy atom. The molecule has 0 atom stereocenters. The largest absolute Gasteiger partial charge is 0.493 e. The third-order valence-corrected chi connectivity index (χ3v) is 3.41. The number of fused-ring (bicyclic) bond motifs is 1. The molecule has 0 amide bonds. The lowest BCUT2D eigenvalue weighted by atomic mass is 9.99. The zero-order chi connectivity index (χ0) is 12.1. The Morgan fingerprint density at radius 3 is 2.88 bits per heavy atom. The summed E-state index contributed by atoms with van der Waals surface area (Å²) in [5, 5.41) is 9.36. The molecule has 2 rings (SSSR count). The van der Waals surface area contributed by atoms with Gasteiger partial charge >= 0.3 is 0 Å². The van der Waals surface area contributed by atoms with Crippen LogP contribution in [0.3, 0.4) is 0 Å². The van der Waals surface area contributed by atoms with E-state index in [1.807, 2.05) is 0 Å². The zero-order valence-electron chi connectivity index (χ0n) is 10.7. The van der Waals surface area contributed by atoms with E-state index >= 15 is 0 Å². The average Bonchev–Trinajstić information content (AvgIpc) is 2.81. The van der Waals surface area contributed by atoms with E-state index in [1.165, 1.54) is 36.8 Å². The van der Waals surface area contributed by atoms with E-state index in [2.05, 4.69) is 19.1 Å². The molecule has 0 spiro atoms. The van der Waals surface area contributed by atoms with Gasteiger partial charge in [0, 0.05) is 12.0 Å². The number of aryl methyl sites for hydroxylation is 1. The van der Waals surface area contributed by atoms with Gasteiger partial charge in [-0.25, -0.2) is 0 Å². The summed E-state index contributed by atoms with van der Waals surface area (Å²) in [5.41, 5.74) is 3.60. The van der Waals surface area contributed by atoms with Crippen LogP contribution in [0.1, 0.15) is 49.3 Å². The molecule has 1 aromatic carbocycles. The molecule has 0 unspecified atom stereocenters. The molecule has 0 saturated heterocycles. The minimum Gasteiger partial charge on any atom is -0.493 e. The van der Waals surface area contributed by atoms with E-state index < -0.39 is 0 Å². The Bertz CT molecular complexity index is 371. The predicted octanol–water partition coefficient (Wildman–Crippen LogP) is 3.24. The standard InChI is InChI=1S/C15H22O2/c1-2-3-4-5-6-12-9-13-7-8-17-15(13)14(10-12)11-16/h9-10,16H,2-8,11H2,1H3. The van der Waals surface area contributed by atoms with Crippen LogP contribution in [0.4, 0.5) is 0 Å². The third-order valence-electron chi connectivity index (χ3n) is 3.41. The maximum absolute atomic E-state index is 9.36. The molecular weight excluding hydrogens is 212 g/mol. The van der Waals surface area contributed by atoms with E-state index in [1.54, 1.807) is 0 Å². The summed E-state index contributed by atoms with van der Waals surface area (Å²) in [7, 11) is 0. The summed E-state index contributed by atoms with van der Waals surface area (Å²) >= 11 is 0. The van der Waals surface area contributed by atoms with Gasteiger partial charge in [-0.15, -0.1) is 0 Å². The highest BCUT2D eigenvalue weighted by atomic mass is 16.5. The number of ether oxygens (including phenoxy) is 1. The quantitative estimate of drug-likeness (QED) is 0.766. The number of hydrogen-bond donors (Lipinski definition) is 1. The molecule has 0 fully saturated rings. The Balaban J connectivity index is 2.03. The molecule has 1 heterocycles. The van der Waals surface area contributed by atoms with Gasteiger partial charge < -0.3 is 9.84 Å². The third kappa shape index (κ3) is 3.01. The first-order valence-electron chi connectivity index (χ1n) is 6.73. The molecule has 17 heavy (non-hydrogen) atoms. The summed E-state index contributed by atoms with van der Waals surface area (Å²) in [6.45, 7) is 3.09. The van der Waals surface area contributed by atoms with Crippen molar-refractivity contribution in [2.24, 2.45) is 0 Å². The molecule has 0 radical (unpaired) electrons. The van der Waals surface area contributed by atoms with Gasteiger partial charge in [-0.3, -0.25) is 0 Å². The number of aliphatic hydroxyl groups is 1. The van der Waals surface area contributed by atoms with Gasteiger partial charge in [0.05, 0.1) is 13.2 Å². The highest BCUT2D eigenvalue weighted by molar-refractivity contribution is 5.46. The Morgan fingerprint density at radius 2 is 2.12 bits per heavy atom. The molecule has 1 aromatic rings. The van der Waals surface area contributed by atoms with Gasteiger partial charge in [0.2, 0.25) is 0 Å². The topological polar surface area (TPSA) is 29.5 Å². The number of aliphatic hydroxyl groups excluding tert-OH is 1. The lowest BCUT2D eigenvalue weighted by Gasteiger charge is -2.09. The molecule has 0 saturated carbocycles. The van der Waals surface area contributed by atoms with Crippen LogP contribution in [-0.4, -0.2) is 11.7 Å². The van der Waals surface area contributed by atoms with Crippen molar-refractivity contribution >= 4 is 0 Å². The van der Waals surface area contributed by atoms with Crippen molar-refractivity contribution in [1.29, 1.82) is 0 Å². The number of hydrogen-bond acceptors (Lipinski definition) is 2. The summed E-state index contributed by atoms with van der Waals surface area (Å²) < 4.78 is 5.56. The first kappa shape index (κ1) is 12.4. The van der Waals surface area contributed by atoms with Crippen LogP contribution in [0, 0.1) is 0 Å². The van der Waals surface area contributed by atoms with Crippen molar-refractivity contribution in [3.8, 4) is 5.75 Å². The van der Waals surface area contributed by atoms with Gasteiger partial charge in [0.1, 0.15) is 5.75 Å². The second-order valence-electron chi connectivity index (χ2n) is 4.81. The van der Waals surface area contributed by atoms with Crippen molar-refractivity contribution in [3.63, 3.8) is 0 Å². The Kier molecular flexibility index (Phi) is 4.43. The first-order valence-corrected chi connectivity index (χ1v) is 6.73. The van der Waals surface area contributed by atoms with Crippen LogP contribution in [0.25, 0.3) is 0 Å². The van der Waals surface area contributed by atoms with Gasteiger partial charge in [-0.05, 0) is 30.0 Å². The normalized spacial score (nSPS) is 13.5. The molecular formula is C15H22O2. The summed E-state index contributed by atoms with van der Waals surface area (Å²) in [5.74, 6) is 0.935. The Hall–Kier alpha value is -1.02. The van der Waals surface area contributed by atoms with Crippen LogP contribution in [0.2, 0.25) is 0 Å². The van der Waals surface area contributed by atoms with E-state index in [0.29, 0.717) is 0 Å². The maximum atomic E-state index is 9.36. The minimum atomic E-state index is 0.0884. The molecule has 2 nitrogen and oxygen atoms in total. The average molecular weight is 234 g/mol. The molecule has 2 heteroatoms. The summed E-state index contributed by atoms with van der Waals surface area (Å²) in [6, 6.07) is 4.36. The number of unbranched alkanes of at least 4 members (excludes halogenated alkanes) is 3. The van der Waals surface area contributed by atoms with E-state index in [0.717, 1.165) is 30.8 Å². The van der Waals surface area contributed by atoms with Gasteiger partial charge in [0.15, 0.2) is 0 Å². The van der Waals surface area contributed by atoms with Crippen LogP contribution < -0.4 is 4.74 Å². The predicted molar refractivity (Wildman–Crippen MR) is 69.4 cm³/mol. The lowest BCUT2D eigenvalue weighted by molar-refractivity contribution is 0.270. The Labute approximate surface area is 104 Å². The first-order chi connectivity index (χ1) is 8.35. The SMILES string of the molecule is CCCCCCc1cc(CO)c2c(c1)CCO2. The maximum Gasteiger partial charge on any atom is 0.128 e. The van der Waals surface area contributed by atoms with Crippen molar-refractivity contribution in [1.82, 2.24) is 0 Å². The summed E-state index contributed by atoms with van der Waals surface area (Å²) in [6.07, 6.45) is 7.27. The van der Waals surface area contributed by atoms with Crippen LogP contribution in [0.15, 0.2) is 12.1 Å². The van der Waals surface area contributed by atoms with Crippen molar-refractivity contribution in [3.05, 3.63) is 28.8 Å². The molecule has 0 bridgehead atoms. The fraction of sp³-hybridized carbons (Fsp3) is 0.600. The highest BCUT2D eigenvalue weighted by Gasteiger charge is 2.17. The molecule has 94 valence electrons.